The molecule has 0 spiro atoms. The third kappa shape index (κ3) is 3.79. The van der Waals surface area contributed by atoms with Gasteiger partial charge in [-0.25, -0.2) is 4.68 Å². The standard InChI is InChI=1S/C28H23N3O/c1-19-11-15-24(16-12-19)31-27(23-14-13-21-8-4-5-9-22(21)17-23)18-26(30-31)28(32)29-25-10-6-3-7-20(25)2/h3-18H,1-2H3,(H,29,32). The predicted molar refractivity (Wildman–Crippen MR) is 130 cm³/mol. The Morgan fingerprint density at radius 2 is 1.50 bits per heavy atom. The highest BCUT2D eigenvalue weighted by atomic mass is 16.2. The first-order chi connectivity index (χ1) is 15.6. The van der Waals surface area contributed by atoms with Crippen molar-refractivity contribution in [2.24, 2.45) is 0 Å². The van der Waals surface area contributed by atoms with Gasteiger partial charge in [0.2, 0.25) is 0 Å². The molecule has 4 nitrogen and oxygen atoms in total. The fourth-order valence-corrected chi connectivity index (χ4v) is 3.83. The Balaban J connectivity index is 1.61. The Hall–Kier alpha value is -4.18. The Bertz CT molecular complexity index is 1430. The van der Waals surface area contributed by atoms with E-state index in [1.165, 1.54) is 10.9 Å². The number of benzene rings is 4. The Morgan fingerprint density at radius 1 is 0.781 bits per heavy atom. The van der Waals surface area contributed by atoms with Crippen LogP contribution in [0.2, 0.25) is 0 Å². The molecule has 0 saturated heterocycles. The third-order valence-electron chi connectivity index (χ3n) is 5.66. The minimum absolute atomic E-state index is 0.229. The van der Waals surface area contributed by atoms with E-state index in [-0.39, 0.29) is 5.91 Å². The van der Waals surface area contributed by atoms with Gasteiger partial charge in [-0.15, -0.1) is 0 Å². The van der Waals surface area contributed by atoms with Crippen LogP contribution in [-0.2, 0) is 0 Å². The molecule has 0 aliphatic heterocycles. The first kappa shape index (κ1) is 19.8. The first-order valence-electron chi connectivity index (χ1n) is 10.6. The number of aromatic nitrogens is 2. The summed E-state index contributed by atoms with van der Waals surface area (Å²) in [6.45, 7) is 4.03. The van der Waals surface area contributed by atoms with Gasteiger partial charge in [0.15, 0.2) is 5.69 Å². The van der Waals surface area contributed by atoms with Crippen LogP contribution >= 0.6 is 0 Å². The van der Waals surface area contributed by atoms with Gasteiger partial charge in [0.25, 0.3) is 5.91 Å². The van der Waals surface area contributed by atoms with Gasteiger partial charge in [-0.05, 0) is 60.5 Å². The molecule has 0 unspecified atom stereocenters. The fraction of sp³-hybridized carbons (Fsp3) is 0.0714. The summed E-state index contributed by atoms with van der Waals surface area (Å²) in [5.74, 6) is -0.229. The number of nitrogens with zero attached hydrogens (tertiary/aromatic N) is 2. The van der Waals surface area contributed by atoms with Crippen molar-refractivity contribution in [3.63, 3.8) is 0 Å². The van der Waals surface area contributed by atoms with Crippen LogP contribution in [0.5, 0.6) is 0 Å². The largest absolute Gasteiger partial charge is 0.320 e. The number of hydrogen-bond donors (Lipinski definition) is 1. The summed E-state index contributed by atoms with van der Waals surface area (Å²) >= 11 is 0. The molecule has 32 heavy (non-hydrogen) atoms. The van der Waals surface area contributed by atoms with Crippen molar-refractivity contribution in [1.29, 1.82) is 0 Å². The lowest BCUT2D eigenvalue weighted by Gasteiger charge is -2.09. The second-order valence-corrected chi connectivity index (χ2v) is 7.99. The highest BCUT2D eigenvalue weighted by Gasteiger charge is 2.18. The summed E-state index contributed by atoms with van der Waals surface area (Å²) in [4.78, 5) is 13.1. The van der Waals surface area contributed by atoms with Crippen molar-refractivity contribution in [1.82, 2.24) is 9.78 Å². The second-order valence-electron chi connectivity index (χ2n) is 7.99. The van der Waals surface area contributed by atoms with Crippen LogP contribution in [0.4, 0.5) is 5.69 Å². The van der Waals surface area contributed by atoms with E-state index in [1.807, 2.05) is 78.3 Å². The molecule has 4 heteroatoms. The molecular weight excluding hydrogens is 394 g/mol. The molecule has 0 aliphatic carbocycles. The van der Waals surface area contributed by atoms with E-state index >= 15 is 0 Å². The van der Waals surface area contributed by atoms with Gasteiger partial charge < -0.3 is 5.32 Å². The molecule has 5 aromatic rings. The van der Waals surface area contributed by atoms with Crippen LogP contribution in [0, 0.1) is 13.8 Å². The summed E-state index contributed by atoms with van der Waals surface area (Å²) in [6, 6.07) is 32.3. The normalized spacial score (nSPS) is 10.9. The molecule has 1 N–H and O–H groups in total. The number of rotatable bonds is 4. The maximum absolute atomic E-state index is 13.1. The van der Waals surface area contributed by atoms with Gasteiger partial charge in [0.1, 0.15) is 0 Å². The number of fused-ring (bicyclic) bond motifs is 1. The van der Waals surface area contributed by atoms with Gasteiger partial charge in [0.05, 0.1) is 11.4 Å². The number of amides is 1. The van der Waals surface area contributed by atoms with E-state index < -0.39 is 0 Å². The zero-order valence-electron chi connectivity index (χ0n) is 18.0. The van der Waals surface area contributed by atoms with Crippen LogP contribution in [-0.4, -0.2) is 15.7 Å². The topological polar surface area (TPSA) is 46.9 Å². The van der Waals surface area contributed by atoms with Gasteiger partial charge in [-0.3, -0.25) is 4.79 Å². The van der Waals surface area contributed by atoms with Crippen LogP contribution in [0.25, 0.3) is 27.7 Å². The summed E-state index contributed by atoms with van der Waals surface area (Å²) in [5, 5.41) is 10.0. The minimum atomic E-state index is -0.229. The molecule has 1 amide bonds. The van der Waals surface area contributed by atoms with E-state index in [0.717, 1.165) is 33.6 Å². The Morgan fingerprint density at radius 3 is 2.28 bits per heavy atom. The monoisotopic (exact) mass is 417 g/mol. The van der Waals surface area contributed by atoms with Crippen molar-refractivity contribution < 1.29 is 4.79 Å². The fourth-order valence-electron chi connectivity index (χ4n) is 3.83. The van der Waals surface area contributed by atoms with Crippen LogP contribution in [0.3, 0.4) is 0 Å². The number of aryl methyl sites for hydroxylation is 2. The van der Waals surface area contributed by atoms with E-state index in [0.29, 0.717) is 5.69 Å². The Labute approximate surface area is 187 Å². The SMILES string of the molecule is Cc1ccc(-n2nc(C(=O)Nc3ccccc3C)cc2-c2ccc3ccccc3c2)cc1. The molecule has 0 saturated carbocycles. The molecule has 5 rings (SSSR count). The molecule has 0 bridgehead atoms. The molecule has 0 atom stereocenters. The van der Waals surface area contributed by atoms with Gasteiger partial charge in [0, 0.05) is 11.3 Å². The number of hydrogen-bond acceptors (Lipinski definition) is 2. The zero-order chi connectivity index (χ0) is 22.1. The van der Waals surface area contributed by atoms with Crippen molar-refractivity contribution in [3.8, 4) is 16.9 Å². The van der Waals surface area contributed by atoms with Crippen molar-refractivity contribution in [2.75, 3.05) is 5.32 Å². The maximum atomic E-state index is 13.1. The lowest BCUT2D eigenvalue weighted by atomic mass is 10.0. The Kier molecular flexibility index (Phi) is 5.04. The minimum Gasteiger partial charge on any atom is -0.320 e. The van der Waals surface area contributed by atoms with Gasteiger partial charge in [-0.2, -0.15) is 5.10 Å². The van der Waals surface area contributed by atoms with E-state index in [1.54, 1.807) is 0 Å². The van der Waals surface area contributed by atoms with E-state index in [9.17, 15) is 4.79 Å². The lowest BCUT2D eigenvalue weighted by Crippen LogP contribution is -2.14. The predicted octanol–water partition coefficient (Wildman–Crippen LogP) is 6.56. The second kappa shape index (κ2) is 8.16. The number of nitrogens with one attached hydrogen (secondary N) is 1. The van der Waals surface area contributed by atoms with Gasteiger partial charge >= 0.3 is 0 Å². The lowest BCUT2D eigenvalue weighted by molar-refractivity contribution is 0.102. The van der Waals surface area contributed by atoms with Crippen LogP contribution in [0.1, 0.15) is 21.6 Å². The summed E-state index contributed by atoms with van der Waals surface area (Å²) in [7, 11) is 0. The van der Waals surface area contributed by atoms with Crippen LogP contribution in [0.15, 0.2) is 97.1 Å². The highest BCUT2D eigenvalue weighted by Crippen LogP contribution is 2.28. The smallest absolute Gasteiger partial charge is 0.276 e. The van der Waals surface area contributed by atoms with Gasteiger partial charge in [-0.1, -0.05) is 72.3 Å². The summed E-state index contributed by atoms with van der Waals surface area (Å²) in [6.07, 6.45) is 0. The quantitative estimate of drug-likeness (QED) is 0.360. The van der Waals surface area contributed by atoms with Crippen LogP contribution < -0.4 is 5.32 Å². The molecule has 1 heterocycles. The van der Waals surface area contributed by atoms with Crippen molar-refractivity contribution in [2.45, 2.75) is 13.8 Å². The number of carbonyl (C=O) groups excluding carboxylic acids is 1. The third-order valence-corrected chi connectivity index (χ3v) is 5.66. The van der Waals surface area contributed by atoms with Crippen molar-refractivity contribution in [3.05, 3.63) is 114 Å². The molecule has 0 aliphatic rings. The zero-order valence-corrected chi connectivity index (χ0v) is 18.0. The number of carbonyl (C=O) groups is 1. The molecular formula is C28H23N3O. The molecule has 0 radical (unpaired) electrons. The molecule has 0 fully saturated rings. The number of anilines is 1. The van der Waals surface area contributed by atoms with E-state index in [4.69, 9.17) is 5.10 Å². The summed E-state index contributed by atoms with van der Waals surface area (Å²) in [5.41, 5.74) is 6.13. The summed E-state index contributed by atoms with van der Waals surface area (Å²) < 4.78 is 1.84. The maximum Gasteiger partial charge on any atom is 0.276 e. The molecule has 156 valence electrons. The number of para-hydroxylation sites is 1. The first-order valence-corrected chi connectivity index (χ1v) is 10.6. The average molecular weight is 418 g/mol. The highest BCUT2D eigenvalue weighted by molar-refractivity contribution is 6.04. The molecule has 1 aromatic heterocycles. The van der Waals surface area contributed by atoms with E-state index in [2.05, 4.69) is 42.6 Å². The molecule has 4 aromatic carbocycles. The van der Waals surface area contributed by atoms with Crippen molar-refractivity contribution >= 4 is 22.4 Å². The average Bonchev–Trinajstić information content (AvgIpc) is 3.26.